The molecule has 1 saturated carbocycles. The fraction of sp³-hybridized carbons (Fsp3) is 0.692. The van der Waals surface area contributed by atoms with Gasteiger partial charge in [-0.2, -0.15) is 0 Å². The molecule has 0 bridgehead atoms. The van der Waals surface area contributed by atoms with Crippen LogP contribution in [-0.4, -0.2) is 35.0 Å². The molecule has 0 aromatic rings. The number of hydrogen-bond donors (Lipinski definition) is 1. The summed E-state index contributed by atoms with van der Waals surface area (Å²) in [6.45, 7) is 6.83. The van der Waals surface area contributed by atoms with Gasteiger partial charge in [0.2, 0.25) is 5.91 Å². The van der Waals surface area contributed by atoms with E-state index in [0.29, 0.717) is 25.9 Å². The molecular weight excluding hydrogens is 218 g/mol. The molecule has 0 heterocycles. The van der Waals surface area contributed by atoms with Crippen molar-refractivity contribution >= 4 is 11.9 Å². The van der Waals surface area contributed by atoms with Crippen LogP contribution in [0.2, 0.25) is 0 Å². The van der Waals surface area contributed by atoms with Gasteiger partial charge in [-0.15, -0.1) is 6.58 Å². The van der Waals surface area contributed by atoms with Crippen molar-refractivity contribution in [3.63, 3.8) is 0 Å². The van der Waals surface area contributed by atoms with Crippen LogP contribution >= 0.6 is 0 Å². The number of carbonyl (C=O) groups excluding carboxylic acids is 1. The van der Waals surface area contributed by atoms with Gasteiger partial charge in [0.15, 0.2) is 0 Å². The first-order valence-corrected chi connectivity index (χ1v) is 6.24. The second-order valence-corrected chi connectivity index (χ2v) is 4.56. The third-order valence-corrected chi connectivity index (χ3v) is 3.31. The SMILES string of the molecule is C=CCN(CCC)C(=O)C1CCCC1C(=O)O. The summed E-state index contributed by atoms with van der Waals surface area (Å²) in [5.41, 5.74) is 0. The molecule has 0 spiro atoms. The molecule has 1 rings (SSSR count). The number of carboxylic acid groups (broad SMARTS) is 1. The van der Waals surface area contributed by atoms with Gasteiger partial charge in [-0.1, -0.05) is 19.4 Å². The van der Waals surface area contributed by atoms with Crippen molar-refractivity contribution in [3.05, 3.63) is 12.7 Å². The average Bonchev–Trinajstić information content (AvgIpc) is 2.76. The van der Waals surface area contributed by atoms with Crippen LogP contribution in [0.15, 0.2) is 12.7 Å². The summed E-state index contributed by atoms with van der Waals surface area (Å²) in [7, 11) is 0. The zero-order valence-corrected chi connectivity index (χ0v) is 10.4. The van der Waals surface area contributed by atoms with Crippen molar-refractivity contribution in [2.45, 2.75) is 32.6 Å². The van der Waals surface area contributed by atoms with Crippen LogP contribution in [0.1, 0.15) is 32.6 Å². The number of aliphatic carboxylic acids is 1. The van der Waals surface area contributed by atoms with Crippen molar-refractivity contribution in [3.8, 4) is 0 Å². The van der Waals surface area contributed by atoms with E-state index in [1.807, 2.05) is 6.92 Å². The number of nitrogens with zero attached hydrogens (tertiary/aromatic N) is 1. The largest absolute Gasteiger partial charge is 0.481 e. The van der Waals surface area contributed by atoms with Crippen LogP contribution < -0.4 is 0 Å². The summed E-state index contributed by atoms with van der Waals surface area (Å²) in [6.07, 6.45) is 4.73. The van der Waals surface area contributed by atoms with Crippen LogP contribution in [0.3, 0.4) is 0 Å². The fourth-order valence-corrected chi connectivity index (χ4v) is 2.50. The molecule has 0 aromatic heterocycles. The zero-order valence-electron chi connectivity index (χ0n) is 10.4. The van der Waals surface area contributed by atoms with E-state index in [1.165, 1.54) is 0 Å². The van der Waals surface area contributed by atoms with Gasteiger partial charge in [-0.3, -0.25) is 9.59 Å². The molecule has 0 aromatic carbocycles. The molecular formula is C13H21NO3. The van der Waals surface area contributed by atoms with Gasteiger partial charge in [0, 0.05) is 13.1 Å². The molecule has 2 atom stereocenters. The van der Waals surface area contributed by atoms with Crippen LogP contribution in [0.4, 0.5) is 0 Å². The number of hydrogen-bond acceptors (Lipinski definition) is 2. The fourth-order valence-electron chi connectivity index (χ4n) is 2.50. The Morgan fingerprint density at radius 3 is 2.59 bits per heavy atom. The van der Waals surface area contributed by atoms with E-state index >= 15 is 0 Å². The van der Waals surface area contributed by atoms with Gasteiger partial charge in [0.05, 0.1) is 11.8 Å². The van der Waals surface area contributed by atoms with E-state index in [-0.39, 0.29) is 11.8 Å². The predicted octanol–water partition coefficient (Wildman–Crippen LogP) is 1.91. The molecule has 2 unspecified atom stereocenters. The Morgan fingerprint density at radius 2 is 2.06 bits per heavy atom. The third-order valence-electron chi connectivity index (χ3n) is 3.31. The molecule has 0 saturated heterocycles. The van der Waals surface area contributed by atoms with Gasteiger partial charge in [-0.05, 0) is 19.3 Å². The molecule has 17 heavy (non-hydrogen) atoms. The van der Waals surface area contributed by atoms with E-state index in [1.54, 1.807) is 11.0 Å². The normalized spacial score (nSPS) is 23.4. The highest BCUT2D eigenvalue weighted by Crippen LogP contribution is 2.33. The molecule has 4 nitrogen and oxygen atoms in total. The van der Waals surface area contributed by atoms with E-state index < -0.39 is 11.9 Å². The second kappa shape index (κ2) is 6.42. The quantitative estimate of drug-likeness (QED) is 0.720. The van der Waals surface area contributed by atoms with Crippen molar-refractivity contribution < 1.29 is 14.7 Å². The van der Waals surface area contributed by atoms with Crippen LogP contribution in [0.25, 0.3) is 0 Å². The molecule has 1 N–H and O–H groups in total. The van der Waals surface area contributed by atoms with Crippen molar-refractivity contribution in [1.82, 2.24) is 4.90 Å². The minimum atomic E-state index is -0.837. The first kappa shape index (κ1) is 13.7. The van der Waals surface area contributed by atoms with Crippen molar-refractivity contribution in [1.29, 1.82) is 0 Å². The summed E-state index contributed by atoms with van der Waals surface area (Å²) >= 11 is 0. The highest BCUT2D eigenvalue weighted by atomic mass is 16.4. The monoisotopic (exact) mass is 239 g/mol. The minimum absolute atomic E-state index is 0.0170. The van der Waals surface area contributed by atoms with Crippen LogP contribution in [0.5, 0.6) is 0 Å². The highest BCUT2D eigenvalue weighted by Gasteiger charge is 2.39. The van der Waals surface area contributed by atoms with E-state index in [0.717, 1.165) is 12.8 Å². The van der Waals surface area contributed by atoms with Gasteiger partial charge in [0.1, 0.15) is 0 Å². The minimum Gasteiger partial charge on any atom is -0.481 e. The van der Waals surface area contributed by atoms with Gasteiger partial charge in [-0.25, -0.2) is 0 Å². The maximum absolute atomic E-state index is 12.3. The molecule has 1 aliphatic carbocycles. The summed E-state index contributed by atoms with van der Waals surface area (Å²) in [4.78, 5) is 25.0. The van der Waals surface area contributed by atoms with Crippen molar-refractivity contribution in [2.75, 3.05) is 13.1 Å². The topological polar surface area (TPSA) is 57.6 Å². The van der Waals surface area contributed by atoms with Gasteiger partial charge in [0.25, 0.3) is 0 Å². The Hall–Kier alpha value is -1.32. The summed E-state index contributed by atoms with van der Waals surface area (Å²) in [6, 6.07) is 0. The van der Waals surface area contributed by atoms with E-state index in [2.05, 4.69) is 6.58 Å². The lowest BCUT2D eigenvalue weighted by Crippen LogP contribution is -2.39. The smallest absolute Gasteiger partial charge is 0.307 e. The van der Waals surface area contributed by atoms with Crippen LogP contribution in [-0.2, 0) is 9.59 Å². The number of carboxylic acids is 1. The standard InChI is InChI=1S/C13H21NO3/c1-3-8-14(9-4-2)12(15)10-6-5-7-11(10)13(16)17/h3,10-11H,1,4-9H2,2H3,(H,16,17). The second-order valence-electron chi connectivity index (χ2n) is 4.56. The zero-order chi connectivity index (χ0) is 12.8. The van der Waals surface area contributed by atoms with Gasteiger partial charge >= 0.3 is 5.97 Å². The molecule has 1 fully saturated rings. The molecule has 96 valence electrons. The summed E-state index contributed by atoms with van der Waals surface area (Å²) in [5.74, 6) is -1.68. The predicted molar refractivity (Wildman–Crippen MR) is 65.5 cm³/mol. The Balaban J connectivity index is 2.71. The first-order chi connectivity index (χ1) is 8.11. The van der Waals surface area contributed by atoms with Crippen molar-refractivity contribution in [2.24, 2.45) is 11.8 Å². The molecule has 0 aliphatic heterocycles. The molecule has 1 aliphatic rings. The summed E-state index contributed by atoms with van der Waals surface area (Å²) in [5, 5.41) is 9.08. The average molecular weight is 239 g/mol. The van der Waals surface area contributed by atoms with Gasteiger partial charge < -0.3 is 10.0 Å². The maximum Gasteiger partial charge on any atom is 0.307 e. The lowest BCUT2D eigenvalue weighted by atomic mass is 9.94. The van der Waals surface area contributed by atoms with E-state index in [4.69, 9.17) is 5.11 Å². The number of rotatable bonds is 6. The maximum atomic E-state index is 12.3. The molecule has 4 heteroatoms. The summed E-state index contributed by atoms with van der Waals surface area (Å²) < 4.78 is 0. The number of amides is 1. The van der Waals surface area contributed by atoms with E-state index in [9.17, 15) is 9.59 Å². The Kier molecular flexibility index (Phi) is 5.19. The highest BCUT2D eigenvalue weighted by molar-refractivity contribution is 5.85. The third kappa shape index (κ3) is 3.32. The molecule has 0 radical (unpaired) electrons. The first-order valence-electron chi connectivity index (χ1n) is 6.24. The Labute approximate surface area is 102 Å². The number of carbonyl (C=O) groups is 2. The lowest BCUT2D eigenvalue weighted by Gasteiger charge is -2.25. The Bertz CT molecular complexity index is 301. The molecule has 1 amide bonds. The van der Waals surface area contributed by atoms with Crippen LogP contribution in [0, 0.1) is 11.8 Å². The Morgan fingerprint density at radius 1 is 1.41 bits per heavy atom. The lowest BCUT2D eigenvalue weighted by molar-refractivity contribution is -0.148.